The molecule has 1 aromatic rings. The molecule has 2 bridgehead atoms. The lowest BCUT2D eigenvalue weighted by atomic mass is 9.49. The van der Waals surface area contributed by atoms with E-state index in [-0.39, 0.29) is 11.9 Å². The number of nitrogens with zero attached hydrogens (tertiary/aromatic N) is 3. The number of nitrogens with one attached hydrogen (secondary N) is 1. The van der Waals surface area contributed by atoms with E-state index in [4.69, 9.17) is 34.8 Å². The molecule has 1 aromatic carbocycles. The van der Waals surface area contributed by atoms with Gasteiger partial charge in [-0.3, -0.25) is 9.69 Å². The number of urea groups is 1. The normalized spacial score (nSPS) is 23.8. The first-order chi connectivity index (χ1) is 16.1. The highest BCUT2D eigenvalue weighted by Gasteiger charge is 2.51. The van der Waals surface area contributed by atoms with E-state index in [1.165, 1.54) is 12.0 Å². The molecule has 1 saturated carbocycles. The quantitative estimate of drug-likeness (QED) is 0.396. The Morgan fingerprint density at radius 2 is 1.82 bits per heavy atom. The maximum atomic E-state index is 13.3. The van der Waals surface area contributed by atoms with E-state index in [1.54, 1.807) is 17.0 Å². The number of carbonyl (C=O) groups is 2. The van der Waals surface area contributed by atoms with Gasteiger partial charge in [0.05, 0.1) is 0 Å². The zero-order valence-corrected chi connectivity index (χ0v) is 22.0. The largest absolute Gasteiger partial charge is 0.338 e. The molecule has 1 N–H and O–H groups in total. The lowest BCUT2D eigenvalue weighted by Gasteiger charge is -2.57. The number of hydrogen-bond acceptors (Lipinski definition) is 3. The van der Waals surface area contributed by atoms with Crippen LogP contribution in [0.1, 0.15) is 26.7 Å². The minimum absolute atomic E-state index is 0.108. The Kier molecular flexibility index (Phi) is 8.02. The van der Waals surface area contributed by atoms with E-state index in [0.29, 0.717) is 42.5 Å². The maximum absolute atomic E-state index is 13.3. The molecular weight excluding hydrogens is 495 g/mol. The van der Waals surface area contributed by atoms with Gasteiger partial charge in [0.1, 0.15) is 0 Å². The fourth-order valence-corrected chi connectivity index (χ4v) is 5.86. The van der Waals surface area contributed by atoms with Crippen LogP contribution in [0.2, 0.25) is 5.02 Å². The average molecular weight is 528 g/mol. The van der Waals surface area contributed by atoms with Crippen LogP contribution < -0.4 is 5.32 Å². The average Bonchev–Trinajstić information content (AvgIpc) is 2.82. The lowest BCUT2D eigenvalue weighted by Crippen LogP contribution is -2.53. The summed E-state index contributed by atoms with van der Waals surface area (Å²) in [5, 5.41) is 3.67. The van der Waals surface area contributed by atoms with Crippen molar-refractivity contribution in [3.05, 3.63) is 40.9 Å². The summed E-state index contributed by atoms with van der Waals surface area (Å²) in [6, 6.07) is 7.07. The first-order valence-electron chi connectivity index (χ1n) is 11.9. The number of rotatable bonds is 7. The topological polar surface area (TPSA) is 55.9 Å². The van der Waals surface area contributed by atoms with Crippen LogP contribution in [-0.4, -0.2) is 77.3 Å². The summed E-state index contributed by atoms with van der Waals surface area (Å²) >= 11 is 17.5. The van der Waals surface area contributed by atoms with Crippen LogP contribution in [-0.2, 0) is 4.79 Å². The minimum Gasteiger partial charge on any atom is -0.338 e. The Bertz CT molecular complexity index is 927. The molecule has 2 unspecified atom stereocenters. The maximum Gasteiger partial charge on any atom is 0.322 e. The number of anilines is 1. The molecular formula is C25H33Cl3N4O2. The van der Waals surface area contributed by atoms with Crippen molar-refractivity contribution in [1.29, 1.82) is 0 Å². The van der Waals surface area contributed by atoms with Gasteiger partial charge < -0.3 is 15.1 Å². The molecule has 34 heavy (non-hydrogen) atoms. The highest BCUT2D eigenvalue weighted by Crippen LogP contribution is 2.59. The zero-order chi connectivity index (χ0) is 24.5. The van der Waals surface area contributed by atoms with Crippen molar-refractivity contribution in [3.63, 3.8) is 0 Å². The Labute approximate surface area is 217 Å². The van der Waals surface area contributed by atoms with E-state index in [9.17, 15) is 9.59 Å². The smallest absolute Gasteiger partial charge is 0.322 e. The second-order valence-corrected chi connectivity index (χ2v) is 11.7. The summed E-state index contributed by atoms with van der Waals surface area (Å²) in [5.74, 6) is 1.07. The van der Waals surface area contributed by atoms with Crippen molar-refractivity contribution >= 4 is 52.4 Å². The van der Waals surface area contributed by atoms with Gasteiger partial charge in [0.15, 0.2) is 4.84 Å². The van der Waals surface area contributed by atoms with Crippen molar-refractivity contribution in [2.75, 3.05) is 51.1 Å². The molecule has 0 radical (unpaired) electrons. The first kappa shape index (κ1) is 25.6. The van der Waals surface area contributed by atoms with Gasteiger partial charge >= 0.3 is 6.03 Å². The van der Waals surface area contributed by atoms with Gasteiger partial charge in [0.2, 0.25) is 0 Å². The molecule has 3 amide bonds. The van der Waals surface area contributed by atoms with E-state index in [1.807, 2.05) is 17.0 Å². The van der Waals surface area contributed by atoms with Crippen LogP contribution in [0.15, 0.2) is 35.9 Å². The van der Waals surface area contributed by atoms with Gasteiger partial charge in [-0.15, -0.1) is 0 Å². The van der Waals surface area contributed by atoms with Crippen LogP contribution in [0.5, 0.6) is 0 Å². The second-order valence-electron chi connectivity index (χ2n) is 10.1. The third-order valence-electron chi connectivity index (χ3n) is 7.90. The number of hydrogen-bond donors (Lipinski definition) is 1. The predicted molar refractivity (Wildman–Crippen MR) is 139 cm³/mol. The molecule has 5 rings (SSSR count). The Morgan fingerprint density at radius 3 is 2.41 bits per heavy atom. The second kappa shape index (κ2) is 10.7. The molecule has 2 atom stereocenters. The Hall–Kier alpha value is -1.47. The van der Waals surface area contributed by atoms with Crippen LogP contribution in [0.3, 0.4) is 0 Å². The monoisotopic (exact) mass is 526 g/mol. The first-order valence-corrected chi connectivity index (χ1v) is 13.2. The van der Waals surface area contributed by atoms with Crippen LogP contribution in [0, 0.1) is 17.3 Å². The standard InChI is InChI=1S/C25H33Cl3N4O2/c1-25(2)18-4-3-17(21(25)15-18)16-32(24(34)29-20-7-5-19(26)6-8-20)14-11-30-9-12-31(13-10-30)23(33)22(27)28/h3,5-8,18,21-22H,4,9-16H2,1-2H3,(H,29,34). The van der Waals surface area contributed by atoms with E-state index in [0.717, 1.165) is 37.7 Å². The van der Waals surface area contributed by atoms with Crippen LogP contribution >= 0.6 is 34.8 Å². The number of benzene rings is 1. The van der Waals surface area contributed by atoms with Crippen molar-refractivity contribution in [2.45, 2.75) is 31.5 Å². The molecule has 4 aliphatic rings. The highest BCUT2D eigenvalue weighted by molar-refractivity contribution is 6.53. The zero-order valence-electron chi connectivity index (χ0n) is 19.8. The number of carbonyl (C=O) groups excluding carboxylic acids is 2. The fraction of sp³-hybridized carbons (Fsp3) is 0.600. The number of halogens is 3. The summed E-state index contributed by atoms with van der Waals surface area (Å²) in [5.41, 5.74) is 2.42. The lowest BCUT2D eigenvalue weighted by molar-refractivity contribution is -0.131. The number of alkyl halides is 2. The summed E-state index contributed by atoms with van der Waals surface area (Å²) in [7, 11) is 0. The summed E-state index contributed by atoms with van der Waals surface area (Å²) < 4.78 is 0. The van der Waals surface area contributed by atoms with Gasteiger partial charge in [-0.25, -0.2) is 4.79 Å². The molecule has 1 heterocycles. The third kappa shape index (κ3) is 5.67. The van der Waals surface area contributed by atoms with Crippen molar-refractivity contribution in [3.8, 4) is 0 Å². The Morgan fingerprint density at radius 1 is 1.15 bits per heavy atom. The van der Waals surface area contributed by atoms with Gasteiger partial charge in [-0.1, -0.05) is 60.3 Å². The fourth-order valence-electron chi connectivity index (χ4n) is 5.46. The van der Waals surface area contributed by atoms with Gasteiger partial charge in [0, 0.05) is 56.5 Å². The minimum atomic E-state index is -1.02. The number of fused-ring (bicyclic) bond motifs is 1. The van der Waals surface area contributed by atoms with E-state index >= 15 is 0 Å². The summed E-state index contributed by atoms with van der Waals surface area (Å²) in [6.07, 6.45) is 4.68. The molecule has 3 aliphatic carbocycles. The highest BCUT2D eigenvalue weighted by atomic mass is 35.5. The summed E-state index contributed by atoms with van der Waals surface area (Å²) in [4.78, 5) is 30.2. The van der Waals surface area contributed by atoms with Crippen molar-refractivity contribution in [1.82, 2.24) is 14.7 Å². The van der Waals surface area contributed by atoms with E-state index < -0.39 is 4.84 Å². The molecule has 6 nitrogen and oxygen atoms in total. The third-order valence-corrected chi connectivity index (χ3v) is 8.52. The molecule has 1 aliphatic heterocycles. The van der Waals surface area contributed by atoms with Gasteiger partial charge in [-0.2, -0.15) is 0 Å². The van der Waals surface area contributed by atoms with Gasteiger partial charge in [-0.05, 0) is 54.4 Å². The van der Waals surface area contributed by atoms with Crippen LogP contribution in [0.4, 0.5) is 10.5 Å². The molecule has 0 spiro atoms. The predicted octanol–water partition coefficient (Wildman–Crippen LogP) is 5.11. The Balaban J connectivity index is 1.38. The van der Waals surface area contributed by atoms with Crippen molar-refractivity contribution in [2.24, 2.45) is 17.3 Å². The number of piperazine rings is 1. The molecule has 186 valence electrons. The SMILES string of the molecule is CC1(C)C2CC=C(CN(CCN3CCN(C(=O)C(Cl)Cl)CC3)C(=O)Nc3ccc(Cl)cc3)C1C2. The number of allylic oxidation sites excluding steroid dienone is 1. The molecule has 9 heteroatoms. The molecule has 1 saturated heterocycles. The van der Waals surface area contributed by atoms with E-state index in [2.05, 4.69) is 30.1 Å². The van der Waals surface area contributed by atoms with Crippen molar-refractivity contribution < 1.29 is 9.59 Å². The molecule has 2 fully saturated rings. The van der Waals surface area contributed by atoms with Gasteiger partial charge in [0.25, 0.3) is 5.91 Å². The number of amides is 3. The molecule has 0 aromatic heterocycles. The van der Waals surface area contributed by atoms with Crippen LogP contribution in [0.25, 0.3) is 0 Å². The summed E-state index contributed by atoms with van der Waals surface area (Å²) in [6.45, 7) is 9.34.